The fourth-order valence-corrected chi connectivity index (χ4v) is 3.23. The van der Waals surface area contributed by atoms with Crippen molar-refractivity contribution in [3.8, 4) is 17.2 Å². The van der Waals surface area contributed by atoms with Gasteiger partial charge in [-0.1, -0.05) is 31.5 Å². The van der Waals surface area contributed by atoms with Crippen molar-refractivity contribution in [1.29, 1.82) is 0 Å². The van der Waals surface area contributed by atoms with Gasteiger partial charge in [0.2, 0.25) is 0 Å². The van der Waals surface area contributed by atoms with Gasteiger partial charge in [-0.15, -0.1) is 0 Å². The van der Waals surface area contributed by atoms with Crippen LogP contribution in [0.3, 0.4) is 0 Å². The lowest BCUT2D eigenvalue weighted by atomic mass is 10.1. The van der Waals surface area contributed by atoms with Crippen LogP contribution in [0.2, 0.25) is 0 Å². The number of unbranched alkanes of at least 4 members (excludes halogenated alkanes) is 1. The van der Waals surface area contributed by atoms with Crippen molar-refractivity contribution in [2.75, 3.05) is 32.2 Å². The number of nitrogens with zero attached hydrogens (tertiary/aromatic N) is 1. The molecule has 1 aliphatic rings. The maximum Gasteiger partial charge on any atom is 0.262 e. The topological polar surface area (TPSA) is 77.1 Å². The summed E-state index contributed by atoms with van der Waals surface area (Å²) in [5.41, 5.74) is 1.44. The van der Waals surface area contributed by atoms with Crippen molar-refractivity contribution >= 4 is 23.6 Å². The van der Waals surface area contributed by atoms with Crippen LogP contribution in [0.25, 0.3) is 6.08 Å². The van der Waals surface area contributed by atoms with Gasteiger partial charge in [-0.05, 0) is 42.3 Å². The van der Waals surface area contributed by atoms with E-state index in [1.165, 1.54) is 6.08 Å². The minimum atomic E-state index is -0.767. The van der Waals surface area contributed by atoms with Crippen LogP contribution in [0.5, 0.6) is 17.2 Å². The minimum absolute atomic E-state index is 0.132. The third-order valence-corrected chi connectivity index (χ3v) is 4.94. The molecule has 1 atom stereocenters. The molecule has 2 aromatic rings. The number of hydrogen-bond acceptors (Lipinski definition) is 5. The van der Waals surface area contributed by atoms with Crippen molar-refractivity contribution < 1.29 is 23.8 Å². The summed E-state index contributed by atoms with van der Waals surface area (Å²) in [6.07, 6.45) is 4.45. The minimum Gasteiger partial charge on any atom is -0.493 e. The van der Waals surface area contributed by atoms with Gasteiger partial charge in [0.05, 0.1) is 25.9 Å². The molecule has 7 nitrogen and oxygen atoms in total. The Bertz CT molecular complexity index is 957. The van der Waals surface area contributed by atoms with Crippen molar-refractivity contribution in [2.24, 2.45) is 0 Å². The number of para-hydroxylation sites is 2. The average molecular weight is 424 g/mol. The van der Waals surface area contributed by atoms with Crippen LogP contribution in [0.1, 0.15) is 25.3 Å². The molecular formula is C24H28N2O5. The Labute approximate surface area is 182 Å². The second kappa shape index (κ2) is 10.5. The van der Waals surface area contributed by atoms with E-state index < -0.39 is 6.10 Å². The van der Waals surface area contributed by atoms with E-state index in [4.69, 9.17) is 14.2 Å². The van der Waals surface area contributed by atoms with E-state index in [1.54, 1.807) is 43.3 Å². The number of methoxy groups -OCH3 is 1. The number of rotatable bonds is 8. The Morgan fingerprint density at radius 2 is 2.03 bits per heavy atom. The van der Waals surface area contributed by atoms with Gasteiger partial charge in [0.25, 0.3) is 11.8 Å². The zero-order valence-corrected chi connectivity index (χ0v) is 18.1. The normalized spacial score (nSPS) is 15.2. The molecule has 0 aromatic heterocycles. The smallest absolute Gasteiger partial charge is 0.262 e. The quantitative estimate of drug-likeness (QED) is 0.519. The Balaban J connectivity index is 1.77. The summed E-state index contributed by atoms with van der Waals surface area (Å²) < 4.78 is 16.9. The van der Waals surface area contributed by atoms with Crippen molar-refractivity contribution in [3.63, 3.8) is 0 Å². The summed E-state index contributed by atoms with van der Waals surface area (Å²) in [6.45, 7) is 2.87. The first-order valence-corrected chi connectivity index (χ1v) is 10.3. The van der Waals surface area contributed by atoms with Crippen LogP contribution in [-0.4, -0.2) is 45.2 Å². The van der Waals surface area contributed by atoms with Gasteiger partial charge in [-0.2, -0.15) is 0 Å². The van der Waals surface area contributed by atoms with Gasteiger partial charge < -0.3 is 24.4 Å². The zero-order chi connectivity index (χ0) is 22.2. The van der Waals surface area contributed by atoms with Gasteiger partial charge in [0.1, 0.15) is 5.75 Å². The molecule has 31 heavy (non-hydrogen) atoms. The summed E-state index contributed by atoms with van der Waals surface area (Å²) >= 11 is 0. The molecule has 2 aromatic carbocycles. The van der Waals surface area contributed by atoms with E-state index in [-0.39, 0.29) is 18.4 Å². The van der Waals surface area contributed by atoms with Crippen LogP contribution in [0.4, 0.5) is 5.69 Å². The second-order valence-corrected chi connectivity index (χ2v) is 7.08. The summed E-state index contributed by atoms with van der Waals surface area (Å²) in [7, 11) is 3.13. The Hall–Kier alpha value is -3.48. The number of carbonyl (C=O) groups excluding carboxylic acids is 2. The third kappa shape index (κ3) is 5.36. The number of carbonyl (C=O) groups is 2. The average Bonchev–Trinajstić information content (AvgIpc) is 2.81. The lowest BCUT2D eigenvalue weighted by molar-refractivity contribution is -0.127. The summed E-state index contributed by atoms with van der Waals surface area (Å²) in [4.78, 5) is 26.6. The summed E-state index contributed by atoms with van der Waals surface area (Å²) in [5.74, 6) is 1.27. The largest absolute Gasteiger partial charge is 0.493 e. The first kappa shape index (κ1) is 22.2. The molecule has 0 saturated heterocycles. The molecular weight excluding hydrogens is 396 g/mol. The van der Waals surface area contributed by atoms with Gasteiger partial charge in [-0.25, -0.2) is 0 Å². The molecule has 3 rings (SSSR count). The van der Waals surface area contributed by atoms with Gasteiger partial charge in [0.15, 0.2) is 17.6 Å². The third-order valence-electron chi connectivity index (χ3n) is 4.94. The number of nitrogens with one attached hydrogen (secondary N) is 1. The Morgan fingerprint density at radius 1 is 1.23 bits per heavy atom. The molecule has 2 amide bonds. The molecule has 164 valence electrons. The molecule has 0 aliphatic carbocycles. The maximum atomic E-state index is 13.0. The zero-order valence-electron chi connectivity index (χ0n) is 18.1. The van der Waals surface area contributed by atoms with E-state index in [1.807, 2.05) is 24.3 Å². The number of hydrogen-bond donors (Lipinski definition) is 1. The number of likely N-dealkylation sites (N-methyl/N-ethyl adjacent to an activating group) is 1. The highest BCUT2D eigenvalue weighted by molar-refractivity contribution is 6.05. The molecule has 0 fully saturated rings. The molecule has 0 bridgehead atoms. The number of ether oxygens (including phenoxy) is 3. The molecule has 0 radical (unpaired) electrons. The SMILES string of the molecule is CCCCOc1ccc(/C=C/C(=O)N2C[C@@H](C(=O)NC)Oc3ccccc32)cc1OC. The predicted octanol–water partition coefficient (Wildman–Crippen LogP) is 3.43. The van der Waals surface area contributed by atoms with Crippen molar-refractivity contribution in [1.82, 2.24) is 5.32 Å². The van der Waals surface area contributed by atoms with Crippen LogP contribution < -0.4 is 24.4 Å². The molecule has 1 heterocycles. The standard InChI is InChI=1S/C24H28N2O5/c1-4-5-14-30-20-12-10-17(15-21(20)29-3)11-13-23(27)26-16-22(24(28)25-2)31-19-9-7-6-8-18(19)26/h6-13,15,22H,4-5,14,16H2,1-3H3,(H,25,28)/b13-11+/t22-/m0/s1. The monoisotopic (exact) mass is 424 g/mol. The first-order chi connectivity index (χ1) is 15.1. The highest BCUT2D eigenvalue weighted by Gasteiger charge is 2.32. The van der Waals surface area contributed by atoms with E-state index in [2.05, 4.69) is 12.2 Å². The fraction of sp³-hybridized carbons (Fsp3) is 0.333. The van der Waals surface area contributed by atoms with Crippen LogP contribution >= 0.6 is 0 Å². The highest BCUT2D eigenvalue weighted by Crippen LogP contribution is 2.33. The molecule has 0 unspecified atom stereocenters. The van der Waals surface area contributed by atoms with Gasteiger partial charge in [0, 0.05) is 13.1 Å². The molecule has 7 heteroatoms. The van der Waals surface area contributed by atoms with E-state index in [0.717, 1.165) is 18.4 Å². The highest BCUT2D eigenvalue weighted by atomic mass is 16.5. The van der Waals surface area contributed by atoms with Crippen LogP contribution in [0.15, 0.2) is 48.5 Å². The first-order valence-electron chi connectivity index (χ1n) is 10.3. The van der Waals surface area contributed by atoms with Gasteiger partial charge >= 0.3 is 0 Å². The number of amides is 2. The van der Waals surface area contributed by atoms with Crippen molar-refractivity contribution in [3.05, 3.63) is 54.1 Å². The molecule has 1 N–H and O–H groups in total. The number of benzene rings is 2. The summed E-state index contributed by atoms with van der Waals surface area (Å²) in [5, 5.41) is 2.57. The lowest BCUT2D eigenvalue weighted by Crippen LogP contribution is -2.49. The maximum absolute atomic E-state index is 13.0. The lowest BCUT2D eigenvalue weighted by Gasteiger charge is -2.33. The Kier molecular flexibility index (Phi) is 7.54. The number of fused-ring (bicyclic) bond motifs is 1. The number of anilines is 1. The van der Waals surface area contributed by atoms with Crippen molar-refractivity contribution in [2.45, 2.75) is 25.9 Å². The predicted molar refractivity (Wildman–Crippen MR) is 120 cm³/mol. The summed E-state index contributed by atoms with van der Waals surface area (Å²) in [6, 6.07) is 12.7. The van der Waals surface area contributed by atoms with E-state index >= 15 is 0 Å². The second-order valence-electron chi connectivity index (χ2n) is 7.08. The van der Waals surface area contributed by atoms with Crippen LogP contribution in [0, 0.1) is 0 Å². The van der Waals surface area contributed by atoms with E-state index in [0.29, 0.717) is 29.5 Å². The van der Waals surface area contributed by atoms with Crippen LogP contribution in [-0.2, 0) is 9.59 Å². The Morgan fingerprint density at radius 3 is 2.77 bits per heavy atom. The van der Waals surface area contributed by atoms with Gasteiger partial charge in [-0.3, -0.25) is 9.59 Å². The fourth-order valence-electron chi connectivity index (χ4n) is 3.23. The molecule has 0 spiro atoms. The van der Waals surface area contributed by atoms with E-state index in [9.17, 15) is 9.59 Å². The molecule has 0 saturated carbocycles. The molecule has 1 aliphatic heterocycles.